The number of pyridine rings is 1. The number of likely N-dealkylation sites (tertiary alicyclic amines) is 1. The van der Waals surface area contributed by atoms with Gasteiger partial charge in [-0.3, -0.25) is 19.4 Å². The first kappa shape index (κ1) is 17.9. The Balaban J connectivity index is 1.35. The van der Waals surface area contributed by atoms with Gasteiger partial charge in [-0.05, 0) is 56.8 Å². The van der Waals surface area contributed by atoms with Crippen molar-refractivity contribution in [2.75, 3.05) is 26.7 Å². The molecule has 1 saturated carbocycles. The molecule has 0 unspecified atom stereocenters. The van der Waals surface area contributed by atoms with Gasteiger partial charge in [0.25, 0.3) is 5.91 Å². The van der Waals surface area contributed by atoms with Crippen LogP contribution in [0.25, 0.3) is 0 Å². The van der Waals surface area contributed by atoms with Crippen LogP contribution in [0.3, 0.4) is 0 Å². The number of likely N-dealkylation sites (N-methyl/N-ethyl adjacent to an activating group) is 1. The molecule has 4 heterocycles. The molecule has 1 saturated heterocycles. The molecule has 5 rings (SSSR count). The number of carbonyl (C=O) groups is 1. The molecule has 0 radical (unpaired) electrons. The van der Waals surface area contributed by atoms with Crippen LogP contribution in [0.15, 0.2) is 30.6 Å². The highest BCUT2D eigenvalue weighted by molar-refractivity contribution is 5.96. The van der Waals surface area contributed by atoms with Crippen molar-refractivity contribution in [1.29, 1.82) is 0 Å². The van der Waals surface area contributed by atoms with Gasteiger partial charge in [0.15, 0.2) is 0 Å². The Morgan fingerprint density at radius 3 is 2.71 bits per heavy atom. The van der Waals surface area contributed by atoms with Crippen LogP contribution in [0.1, 0.15) is 53.8 Å². The van der Waals surface area contributed by atoms with E-state index in [4.69, 9.17) is 5.10 Å². The predicted octanol–water partition coefficient (Wildman–Crippen LogP) is 2.70. The fraction of sp³-hybridized carbons (Fsp3) is 0.591. The monoisotopic (exact) mass is 379 g/mol. The average Bonchev–Trinajstić information content (AvgIpc) is 3.11. The zero-order valence-corrected chi connectivity index (χ0v) is 16.7. The smallest absolute Gasteiger partial charge is 0.257 e. The Morgan fingerprint density at radius 1 is 1.21 bits per heavy atom. The van der Waals surface area contributed by atoms with Gasteiger partial charge in [0, 0.05) is 44.5 Å². The molecule has 2 aliphatic heterocycles. The van der Waals surface area contributed by atoms with Crippen molar-refractivity contribution in [1.82, 2.24) is 24.6 Å². The highest BCUT2D eigenvalue weighted by Crippen LogP contribution is 2.41. The van der Waals surface area contributed by atoms with Crippen molar-refractivity contribution in [3.05, 3.63) is 47.5 Å². The minimum absolute atomic E-state index is 0.00345. The molecule has 0 atom stereocenters. The molecule has 148 valence electrons. The van der Waals surface area contributed by atoms with Crippen molar-refractivity contribution >= 4 is 5.91 Å². The van der Waals surface area contributed by atoms with Gasteiger partial charge in [-0.1, -0.05) is 12.5 Å². The lowest BCUT2D eigenvalue weighted by Crippen LogP contribution is -2.53. The van der Waals surface area contributed by atoms with E-state index in [9.17, 15) is 4.79 Å². The van der Waals surface area contributed by atoms with Gasteiger partial charge in [-0.15, -0.1) is 0 Å². The molecular weight excluding hydrogens is 350 g/mol. The molecule has 6 nitrogen and oxygen atoms in total. The fourth-order valence-electron chi connectivity index (χ4n) is 5.06. The SMILES string of the molecule is CN1CC2(CCN(Cc3ccccn3)CC2)c2nn(CC3CCC3)cc2C1=O. The molecule has 1 amide bonds. The number of hydrogen-bond donors (Lipinski definition) is 0. The average molecular weight is 380 g/mol. The third kappa shape index (κ3) is 3.13. The zero-order valence-electron chi connectivity index (χ0n) is 16.7. The molecule has 3 aliphatic rings. The predicted molar refractivity (Wildman–Crippen MR) is 107 cm³/mol. The van der Waals surface area contributed by atoms with Crippen LogP contribution in [-0.4, -0.2) is 57.2 Å². The first-order valence-corrected chi connectivity index (χ1v) is 10.6. The quantitative estimate of drug-likeness (QED) is 0.820. The van der Waals surface area contributed by atoms with E-state index in [1.54, 1.807) is 0 Å². The van der Waals surface area contributed by atoms with E-state index in [1.807, 2.05) is 30.4 Å². The number of hydrogen-bond acceptors (Lipinski definition) is 4. The lowest BCUT2D eigenvalue weighted by atomic mass is 9.72. The summed E-state index contributed by atoms with van der Waals surface area (Å²) in [7, 11) is 1.94. The summed E-state index contributed by atoms with van der Waals surface area (Å²) in [5.41, 5.74) is 3.03. The van der Waals surface area contributed by atoms with Crippen LogP contribution in [0.5, 0.6) is 0 Å². The van der Waals surface area contributed by atoms with E-state index in [-0.39, 0.29) is 11.3 Å². The van der Waals surface area contributed by atoms with Crippen molar-refractivity contribution in [2.24, 2.45) is 5.92 Å². The molecule has 1 spiro atoms. The Labute approximate surface area is 166 Å². The van der Waals surface area contributed by atoms with Gasteiger partial charge in [0.2, 0.25) is 0 Å². The first-order valence-electron chi connectivity index (χ1n) is 10.6. The van der Waals surface area contributed by atoms with Crippen molar-refractivity contribution in [2.45, 2.75) is 50.6 Å². The van der Waals surface area contributed by atoms with Crippen LogP contribution in [0.2, 0.25) is 0 Å². The van der Waals surface area contributed by atoms with E-state index in [0.717, 1.165) is 68.4 Å². The van der Waals surface area contributed by atoms with E-state index < -0.39 is 0 Å². The molecule has 2 fully saturated rings. The van der Waals surface area contributed by atoms with Gasteiger partial charge in [-0.25, -0.2) is 0 Å². The summed E-state index contributed by atoms with van der Waals surface area (Å²) in [4.78, 5) is 21.6. The molecular formula is C22H29N5O. The standard InChI is InChI=1S/C22H29N5O/c1-25-16-22(8-11-26(12-9-22)14-18-7-2-3-10-23-18)20-19(21(25)28)15-27(24-20)13-17-5-4-6-17/h2-3,7,10,15,17H,4-6,8-9,11-14,16H2,1H3. The third-order valence-electron chi connectivity index (χ3n) is 6.98. The summed E-state index contributed by atoms with van der Waals surface area (Å²) in [5, 5.41) is 4.98. The lowest BCUT2D eigenvalue weighted by Gasteiger charge is -2.45. The molecule has 0 aromatic carbocycles. The van der Waals surface area contributed by atoms with Crippen LogP contribution >= 0.6 is 0 Å². The topological polar surface area (TPSA) is 54.3 Å². The summed E-state index contributed by atoms with van der Waals surface area (Å²) in [6.07, 6.45) is 9.91. The Morgan fingerprint density at radius 2 is 2.04 bits per heavy atom. The second kappa shape index (κ2) is 6.99. The van der Waals surface area contributed by atoms with E-state index in [1.165, 1.54) is 19.3 Å². The number of carbonyl (C=O) groups excluding carboxylic acids is 1. The highest BCUT2D eigenvalue weighted by atomic mass is 16.2. The van der Waals surface area contributed by atoms with Gasteiger partial charge in [0.1, 0.15) is 0 Å². The molecule has 28 heavy (non-hydrogen) atoms. The Kier molecular flexibility index (Phi) is 4.46. The minimum atomic E-state index is 0.00345. The number of nitrogens with zero attached hydrogens (tertiary/aromatic N) is 5. The van der Waals surface area contributed by atoms with Crippen LogP contribution < -0.4 is 0 Å². The summed E-state index contributed by atoms with van der Waals surface area (Å²) in [6.45, 7) is 4.69. The van der Waals surface area contributed by atoms with Gasteiger partial charge >= 0.3 is 0 Å². The van der Waals surface area contributed by atoms with Crippen LogP contribution in [0, 0.1) is 5.92 Å². The summed E-state index contributed by atoms with van der Waals surface area (Å²) < 4.78 is 2.06. The fourth-order valence-corrected chi connectivity index (χ4v) is 5.06. The third-order valence-corrected chi connectivity index (χ3v) is 6.98. The highest BCUT2D eigenvalue weighted by Gasteiger charge is 2.46. The number of aromatic nitrogens is 3. The van der Waals surface area contributed by atoms with Gasteiger partial charge in [0.05, 0.1) is 17.0 Å². The zero-order chi connectivity index (χ0) is 19.1. The lowest BCUT2D eigenvalue weighted by molar-refractivity contribution is 0.0627. The van der Waals surface area contributed by atoms with Crippen molar-refractivity contribution < 1.29 is 4.79 Å². The molecule has 1 aliphatic carbocycles. The first-order chi connectivity index (χ1) is 13.6. The second-order valence-corrected chi connectivity index (χ2v) is 8.95. The van der Waals surface area contributed by atoms with Gasteiger partial charge in [-0.2, -0.15) is 5.10 Å². The maximum Gasteiger partial charge on any atom is 0.257 e. The minimum Gasteiger partial charge on any atom is -0.341 e. The van der Waals surface area contributed by atoms with Crippen molar-refractivity contribution in [3.63, 3.8) is 0 Å². The van der Waals surface area contributed by atoms with E-state index in [0.29, 0.717) is 0 Å². The second-order valence-electron chi connectivity index (χ2n) is 8.95. The molecule has 6 heteroatoms. The van der Waals surface area contributed by atoms with E-state index in [2.05, 4.69) is 26.7 Å². The molecule has 0 bridgehead atoms. The Hall–Kier alpha value is -2.21. The van der Waals surface area contributed by atoms with Crippen LogP contribution in [-0.2, 0) is 18.5 Å². The Bertz CT molecular complexity index is 849. The van der Waals surface area contributed by atoms with E-state index >= 15 is 0 Å². The molecule has 2 aromatic rings. The largest absolute Gasteiger partial charge is 0.341 e. The summed E-state index contributed by atoms with van der Waals surface area (Å²) >= 11 is 0. The number of rotatable bonds is 4. The normalized spacial score (nSPS) is 22.3. The number of piperidine rings is 1. The van der Waals surface area contributed by atoms with Gasteiger partial charge < -0.3 is 4.90 Å². The maximum absolute atomic E-state index is 12.8. The molecule has 2 aromatic heterocycles. The molecule has 0 N–H and O–H groups in total. The maximum atomic E-state index is 12.8. The number of fused-ring (bicyclic) bond motifs is 2. The van der Waals surface area contributed by atoms with Crippen LogP contribution in [0.4, 0.5) is 0 Å². The number of amides is 1. The van der Waals surface area contributed by atoms with Crippen molar-refractivity contribution in [3.8, 4) is 0 Å². The summed E-state index contributed by atoms with van der Waals surface area (Å²) in [6, 6.07) is 6.11. The summed E-state index contributed by atoms with van der Waals surface area (Å²) in [5.74, 6) is 0.877.